The Bertz CT molecular complexity index is 419. The van der Waals surface area contributed by atoms with E-state index >= 15 is 0 Å². The number of carbonyl (C=O) groups is 1. The summed E-state index contributed by atoms with van der Waals surface area (Å²) in [5.41, 5.74) is 6.84. The average Bonchev–Trinajstić information content (AvgIpc) is 2.37. The number of hydrogen-bond acceptors (Lipinski definition) is 5. The minimum atomic E-state index is -1.06. The Kier molecular flexibility index (Phi) is 5.27. The maximum Gasteiger partial charge on any atom is 0.338 e. The Morgan fingerprint density at radius 2 is 2.11 bits per heavy atom. The van der Waals surface area contributed by atoms with Crippen molar-refractivity contribution >= 4 is 5.97 Å². The first-order chi connectivity index (χ1) is 8.52. The van der Waals surface area contributed by atoms with Crippen LogP contribution in [0.25, 0.3) is 0 Å². The Labute approximate surface area is 106 Å². The lowest BCUT2D eigenvalue weighted by Crippen LogP contribution is -2.23. The molecule has 0 saturated carbocycles. The molecule has 1 aromatic rings. The first-order valence-electron chi connectivity index (χ1n) is 5.77. The van der Waals surface area contributed by atoms with Crippen LogP contribution in [0.1, 0.15) is 34.0 Å². The van der Waals surface area contributed by atoms with Gasteiger partial charge in [0.05, 0.1) is 18.8 Å². The number of aliphatic hydroxyl groups is 2. The first-order valence-corrected chi connectivity index (χ1v) is 5.77. The highest BCUT2D eigenvalue weighted by atomic mass is 16.5. The summed E-state index contributed by atoms with van der Waals surface area (Å²) in [5, 5.41) is 19.8. The van der Waals surface area contributed by atoms with Gasteiger partial charge in [-0.3, -0.25) is 0 Å². The minimum Gasteiger partial charge on any atom is -0.465 e. The van der Waals surface area contributed by atoms with Gasteiger partial charge in [0.15, 0.2) is 0 Å². The molecule has 0 heterocycles. The second kappa shape index (κ2) is 6.49. The molecular weight excluding hydrogens is 234 g/mol. The van der Waals surface area contributed by atoms with E-state index in [2.05, 4.69) is 4.74 Å². The number of carbonyl (C=O) groups excluding carboxylic acids is 1. The molecule has 0 bridgehead atoms. The molecule has 2 atom stereocenters. The van der Waals surface area contributed by atoms with Crippen LogP contribution in [0.4, 0.5) is 0 Å². The van der Waals surface area contributed by atoms with E-state index in [1.807, 2.05) is 0 Å². The molecule has 0 radical (unpaired) electrons. The van der Waals surface area contributed by atoms with Crippen LogP contribution < -0.4 is 5.73 Å². The molecule has 0 spiro atoms. The highest BCUT2D eigenvalue weighted by molar-refractivity contribution is 5.91. The number of ether oxygens (including phenoxy) is 1. The Balaban J connectivity index is 3.06. The van der Waals surface area contributed by atoms with E-state index < -0.39 is 18.2 Å². The standard InChI is InChI=1S/C13H19NO4/c1-8-9(12(16)11(15)6-7-14)4-3-5-10(8)13(17)18-2/h3-5,11-12,15-16H,6-7,14H2,1-2H3. The fourth-order valence-corrected chi connectivity index (χ4v) is 1.84. The Hall–Kier alpha value is -1.43. The normalized spacial score (nSPS) is 14.1. The average molecular weight is 253 g/mol. The van der Waals surface area contributed by atoms with Gasteiger partial charge in [0.25, 0.3) is 0 Å². The van der Waals surface area contributed by atoms with Gasteiger partial charge >= 0.3 is 5.97 Å². The van der Waals surface area contributed by atoms with E-state index in [-0.39, 0.29) is 6.54 Å². The smallest absolute Gasteiger partial charge is 0.338 e. The van der Waals surface area contributed by atoms with Gasteiger partial charge in [-0.1, -0.05) is 12.1 Å². The van der Waals surface area contributed by atoms with Crippen molar-refractivity contribution in [2.24, 2.45) is 5.73 Å². The van der Waals surface area contributed by atoms with Crippen LogP contribution in [0.5, 0.6) is 0 Å². The largest absolute Gasteiger partial charge is 0.465 e. The molecule has 2 unspecified atom stereocenters. The molecule has 0 fully saturated rings. The van der Waals surface area contributed by atoms with E-state index in [9.17, 15) is 15.0 Å². The van der Waals surface area contributed by atoms with Crippen molar-refractivity contribution in [3.05, 3.63) is 34.9 Å². The molecule has 0 amide bonds. The van der Waals surface area contributed by atoms with Crippen LogP contribution in [0, 0.1) is 6.92 Å². The molecule has 1 aromatic carbocycles. The predicted molar refractivity (Wildman–Crippen MR) is 67.2 cm³/mol. The summed E-state index contributed by atoms with van der Waals surface area (Å²) in [4.78, 5) is 11.5. The SMILES string of the molecule is COC(=O)c1cccc(C(O)C(O)CCN)c1C. The molecule has 0 aliphatic carbocycles. The lowest BCUT2D eigenvalue weighted by atomic mass is 9.94. The molecule has 0 aliphatic rings. The number of esters is 1. The van der Waals surface area contributed by atoms with Crippen LogP contribution in [0.2, 0.25) is 0 Å². The molecule has 5 heteroatoms. The van der Waals surface area contributed by atoms with Gasteiger partial charge in [-0.2, -0.15) is 0 Å². The van der Waals surface area contributed by atoms with Crippen molar-refractivity contribution in [1.29, 1.82) is 0 Å². The van der Waals surface area contributed by atoms with Gasteiger partial charge in [0.1, 0.15) is 6.10 Å². The van der Waals surface area contributed by atoms with Crippen molar-refractivity contribution in [2.75, 3.05) is 13.7 Å². The summed E-state index contributed by atoms with van der Waals surface area (Å²) >= 11 is 0. The molecular formula is C13H19NO4. The van der Waals surface area contributed by atoms with Crippen molar-refractivity contribution in [1.82, 2.24) is 0 Å². The zero-order valence-electron chi connectivity index (χ0n) is 10.6. The first kappa shape index (κ1) is 14.6. The lowest BCUT2D eigenvalue weighted by Gasteiger charge is -2.20. The molecule has 0 aromatic heterocycles. The summed E-state index contributed by atoms with van der Waals surface area (Å²) in [7, 11) is 1.30. The number of nitrogens with two attached hydrogens (primary N) is 1. The fraction of sp³-hybridized carbons (Fsp3) is 0.462. The lowest BCUT2D eigenvalue weighted by molar-refractivity contribution is 0.0145. The van der Waals surface area contributed by atoms with Gasteiger partial charge in [0.2, 0.25) is 0 Å². The molecule has 0 aliphatic heterocycles. The van der Waals surface area contributed by atoms with Gasteiger partial charge in [-0.05, 0) is 37.1 Å². The number of aliphatic hydroxyl groups excluding tert-OH is 2. The van der Waals surface area contributed by atoms with E-state index in [0.717, 1.165) is 0 Å². The highest BCUT2D eigenvalue weighted by Crippen LogP contribution is 2.24. The zero-order valence-corrected chi connectivity index (χ0v) is 10.6. The number of hydrogen-bond donors (Lipinski definition) is 3. The van der Waals surface area contributed by atoms with Crippen LogP contribution in [-0.2, 0) is 4.74 Å². The summed E-state index contributed by atoms with van der Waals surface area (Å²) < 4.78 is 4.66. The van der Waals surface area contributed by atoms with Gasteiger partial charge < -0.3 is 20.7 Å². The topological polar surface area (TPSA) is 92.8 Å². The molecule has 18 heavy (non-hydrogen) atoms. The van der Waals surface area contributed by atoms with Crippen molar-refractivity contribution in [3.8, 4) is 0 Å². The van der Waals surface area contributed by atoms with E-state index in [1.165, 1.54) is 7.11 Å². The third-order valence-corrected chi connectivity index (χ3v) is 2.93. The highest BCUT2D eigenvalue weighted by Gasteiger charge is 2.22. The predicted octanol–water partition coefficient (Wildman–Crippen LogP) is 0.525. The van der Waals surface area contributed by atoms with Gasteiger partial charge in [-0.15, -0.1) is 0 Å². The van der Waals surface area contributed by atoms with Crippen molar-refractivity contribution in [2.45, 2.75) is 25.6 Å². The molecule has 4 N–H and O–H groups in total. The monoisotopic (exact) mass is 253 g/mol. The molecule has 0 saturated heterocycles. The van der Waals surface area contributed by atoms with Crippen LogP contribution >= 0.6 is 0 Å². The Morgan fingerprint density at radius 3 is 2.67 bits per heavy atom. The summed E-state index contributed by atoms with van der Waals surface area (Å²) in [6.45, 7) is 1.99. The van der Waals surface area contributed by atoms with Crippen molar-refractivity contribution in [3.63, 3.8) is 0 Å². The molecule has 5 nitrogen and oxygen atoms in total. The molecule has 1 rings (SSSR count). The summed E-state index contributed by atoms with van der Waals surface area (Å²) in [6.07, 6.45) is -1.71. The van der Waals surface area contributed by atoms with Gasteiger partial charge in [-0.25, -0.2) is 4.79 Å². The second-order valence-corrected chi connectivity index (χ2v) is 4.10. The van der Waals surface area contributed by atoms with Crippen molar-refractivity contribution < 1.29 is 19.7 Å². The van der Waals surface area contributed by atoms with E-state index in [1.54, 1.807) is 25.1 Å². The fourth-order valence-electron chi connectivity index (χ4n) is 1.84. The number of methoxy groups -OCH3 is 1. The third-order valence-electron chi connectivity index (χ3n) is 2.93. The third kappa shape index (κ3) is 3.07. The summed E-state index contributed by atoms with van der Waals surface area (Å²) in [6, 6.07) is 4.94. The summed E-state index contributed by atoms with van der Waals surface area (Å²) in [5.74, 6) is -0.463. The maximum atomic E-state index is 11.5. The van der Waals surface area contributed by atoms with Crippen LogP contribution in [-0.4, -0.2) is 35.9 Å². The van der Waals surface area contributed by atoms with E-state index in [4.69, 9.17) is 5.73 Å². The Morgan fingerprint density at radius 1 is 1.44 bits per heavy atom. The van der Waals surface area contributed by atoms with Crippen LogP contribution in [0.3, 0.4) is 0 Å². The second-order valence-electron chi connectivity index (χ2n) is 4.10. The maximum absolute atomic E-state index is 11.5. The van der Waals surface area contributed by atoms with Crippen LogP contribution in [0.15, 0.2) is 18.2 Å². The van der Waals surface area contributed by atoms with E-state index in [0.29, 0.717) is 23.1 Å². The number of benzene rings is 1. The zero-order chi connectivity index (χ0) is 13.7. The van der Waals surface area contributed by atoms with Gasteiger partial charge in [0, 0.05) is 0 Å². The minimum absolute atomic E-state index is 0.286. The quantitative estimate of drug-likeness (QED) is 0.665. The number of rotatable bonds is 5. The molecule has 100 valence electrons.